The van der Waals surface area contributed by atoms with Gasteiger partial charge in [-0.3, -0.25) is 9.59 Å². The number of hydrogen-bond acceptors (Lipinski definition) is 3. The quantitative estimate of drug-likeness (QED) is 0.538. The summed E-state index contributed by atoms with van der Waals surface area (Å²) in [6.45, 7) is 7.93. The monoisotopic (exact) mass is 410 g/mol. The fraction of sp³-hybridized carbons (Fsp3) is 0.440. The molecule has 2 aromatic rings. The van der Waals surface area contributed by atoms with Crippen LogP contribution in [-0.2, 0) is 11.3 Å². The van der Waals surface area contributed by atoms with Gasteiger partial charge in [0.1, 0.15) is 5.75 Å². The van der Waals surface area contributed by atoms with Gasteiger partial charge in [-0.05, 0) is 68.5 Å². The van der Waals surface area contributed by atoms with Crippen LogP contribution in [0.4, 0.5) is 0 Å². The molecule has 0 spiro atoms. The highest BCUT2D eigenvalue weighted by atomic mass is 16.5. The lowest BCUT2D eigenvalue weighted by atomic mass is 10.1. The van der Waals surface area contributed by atoms with Crippen molar-refractivity contribution in [2.45, 2.75) is 46.6 Å². The van der Waals surface area contributed by atoms with E-state index >= 15 is 0 Å². The number of unbranched alkanes of at least 4 members (excludes halogenated alkanes) is 1. The van der Waals surface area contributed by atoms with Gasteiger partial charge in [0.05, 0.1) is 6.61 Å². The lowest BCUT2D eigenvalue weighted by Crippen LogP contribution is -2.30. The average molecular weight is 411 g/mol. The Kier molecular flexibility index (Phi) is 8.90. The molecule has 2 aromatic carbocycles. The second-order valence-electron chi connectivity index (χ2n) is 7.88. The highest BCUT2D eigenvalue weighted by Crippen LogP contribution is 2.19. The van der Waals surface area contributed by atoms with Gasteiger partial charge in [-0.15, -0.1) is 0 Å². The summed E-state index contributed by atoms with van der Waals surface area (Å²) < 4.78 is 5.87. The van der Waals surface area contributed by atoms with Gasteiger partial charge in [0.2, 0.25) is 5.91 Å². The largest absolute Gasteiger partial charge is 0.493 e. The van der Waals surface area contributed by atoms with Crippen molar-refractivity contribution >= 4 is 11.8 Å². The number of carbonyl (C=O) groups is 2. The van der Waals surface area contributed by atoms with Crippen molar-refractivity contribution in [3.05, 3.63) is 64.7 Å². The first kappa shape index (κ1) is 23.5. The van der Waals surface area contributed by atoms with Gasteiger partial charge < -0.3 is 14.5 Å². The van der Waals surface area contributed by atoms with Crippen molar-refractivity contribution < 1.29 is 14.3 Å². The standard InChI is InChI=1S/C25H34N2O3/c1-6-27(18-21-12-14-22(15-13-21)25(29)26(4)5)24(28)9-7-8-16-30-23-17-19(2)10-11-20(23)3/h10-15,17H,6-9,16,18H2,1-5H3. The third-order valence-electron chi connectivity index (χ3n) is 5.10. The molecule has 0 aromatic heterocycles. The van der Waals surface area contributed by atoms with Crippen molar-refractivity contribution in [3.8, 4) is 5.75 Å². The van der Waals surface area contributed by atoms with Gasteiger partial charge in [-0.25, -0.2) is 0 Å². The minimum absolute atomic E-state index is 0.0203. The zero-order valence-electron chi connectivity index (χ0n) is 18.9. The lowest BCUT2D eigenvalue weighted by molar-refractivity contribution is -0.131. The van der Waals surface area contributed by atoms with Gasteiger partial charge in [0, 0.05) is 39.2 Å². The van der Waals surface area contributed by atoms with Crippen LogP contribution in [-0.4, -0.2) is 48.9 Å². The number of amides is 2. The summed E-state index contributed by atoms with van der Waals surface area (Å²) in [5.41, 5.74) is 4.00. The molecule has 162 valence electrons. The first-order valence-electron chi connectivity index (χ1n) is 10.6. The Morgan fingerprint density at radius 1 is 0.967 bits per heavy atom. The molecule has 2 amide bonds. The van der Waals surface area contributed by atoms with Gasteiger partial charge in [0.15, 0.2) is 0 Å². The van der Waals surface area contributed by atoms with Crippen LogP contribution in [0.2, 0.25) is 0 Å². The minimum atomic E-state index is -0.0203. The second kappa shape index (κ2) is 11.4. The van der Waals surface area contributed by atoms with Crippen LogP contribution in [0.25, 0.3) is 0 Å². The third kappa shape index (κ3) is 6.90. The van der Waals surface area contributed by atoms with Crippen LogP contribution in [0.3, 0.4) is 0 Å². The molecule has 30 heavy (non-hydrogen) atoms. The predicted molar refractivity (Wildman–Crippen MR) is 121 cm³/mol. The van der Waals surface area contributed by atoms with E-state index in [0.717, 1.165) is 29.7 Å². The van der Waals surface area contributed by atoms with E-state index in [1.165, 1.54) is 5.56 Å². The van der Waals surface area contributed by atoms with Gasteiger partial charge in [-0.2, -0.15) is 0 Å². The van der Waals surface area contributed by atoms with E-state index in [9.17, 15) is 9.59 Å². The molecule has 0 aliphatic heterocycles. The summed E-state index contributed by atoms with van der Waals surface area (Å²) in [7, 11) is 3.47. The molecule has 0 bridgehead atoms. The van der Waals surface area contributed by atoms with E-state index in [0.29, 0.717) is 31.7 Å². The first-order valence-corrected chi connectivity index (χ1v) is 10.6. The first-order chi connectivity index (χ1) is 14.3. The van der Waals surface area contributed by atoms with E-state index in [2.05, 4.69) is 25.1 Å². The summed E-state index contributed by atoms with van der Waals surface area (Å²) in [5, 5.41) is 0. The van der Waals surface area contributed by atoms with Crippen molar-refractivity contribution in [2.24, 2.45) is 0 Å². The Morgan fingerprint density at radius 3 is 2.30 bits per heavy atom. The molecular weight excluding hydrogens is 376 g/mol. The fourth-order valence-electron chi connectivity index (χ4n) is 3.19. The molecule has 0 aliphatic carbocycles. The normalized spacial score (nSPS) is 10.6. The van der Waals surface area contributed by atoms with Crippen LogP contribution >= 0.6 is 0 Å². The predicted octanol–water partition coefficient (Wildman–Crippen LogP) is 4.60. The molecule has 0 aliphatic rings. The van der Waals surface area contributed by atoms with Crippen LogP contribution in [0.5, 0.6) is 5.75 Å². The second-order valence-corrected chi connectivity index (χ2v) is 7.88. The summed E-state index contributed by atoms with van der Waals surface area (Å²) >= 11 is 0. The summed E-state index contributed by atoms with van der Waals surface area (Å²) in [6, 6.07) is 13.7. The van der Waals surface area contributed by atoms with E-state index in [-0.39, 0.29) is 11.8 Å². The molecular formula is C25H34N2O3. The highest BCUT2D eigenvalue weighted by Gasteiger charge is 2.13. The van der Waals surface area contributed by atoms with E-state index in [4.69, 9.17) is 4.74 Å². The van der Waals surface area contributed by atoms with Crippen molar-refractivity contribution in [1.82, 2.24) is 9.80 Å². The van der Waals surface area contributed by atoms with E-state index in [1.54, 1.807) is 19.0 Å². The van der Waals surface area contributed by atoms with Crippen LogP contribution in [0.15, 0.2) is 42.5 Å². The Hall–Kier alpha value is -2.82. The molecule has 0 saturated heterocycles. The maximum absolute atomic E-state index is 12.6. The topological polar surface area (TPSA) is 49.9 Å². The Morgan fingerprint density at radius 2 is 1.67 bits per heavy atom. The lowest BCUT2D eigenvalue weighted by Gasteiger charge is -2.21. The third-order valence-corrected chi connectivity index (χ3v) is 5.10. The smallest absolute Gasteiger partial charge is 0.253 e. The van der Waals surface area contributed by atoms with Crippen LogP contribution in [0.1, 0.15) is 53.2 Å². The van der Waals surface area contributed by atoms with Gasteiger partial charge in [0.25, 0.3) is 5.91 Å². The number of hydrogen-bond donors (Lipinski definition) is 0. The summed E-state index contributed by atoms with van der Waals surface area (Å²) in [6.07, 6.45) is 2.16. The van der Waals surface area contributed by atoms with Crippen molar-refractivity contribution in [2.75, 3.05) is 27.2 Å². The molecule has 2 rings (SSSR count). The van der Waals surface area contributed by atoms with Gasteiger partial charge >= 0.3 is 0 Å². The molecule has 0 N–H and O–H groups in total. The zero-order chi connectivity index (χ0) is 22.1. The number of aryl methyl sites for hydroxylation is 2. The zero-order valence-corrected chi connectivity index (χ0v) is 18.9. The molecule has 0 atom stereocenters. The maximum Gasteiger partial charge on any atom is 0.253 e. The minimum Gasteiger partial charge on any atom is -0.493 e. The van der Waals surface area contributed by atoms with Crippen molar-refractivity contribution in [3.63, 3.8) is 0 Å². The molecule has 5 heteroatoms. The number of rotatable bonds is 10. The number of benzene rings is 2. The number of nitrogens with zero attached hydrogens (tertiary/aromatic N) is 2. The number of ether oxygens (including phenoxy) is 1. The van der Waals surface area contributed by atoms with Crippen LogP contribution in [0, 0.1) is 13.8 Å². The molecule has 0 saturated carbocycles. The SMILES string of the molecule is CCN(Cc1ccc(C(=O)N(C)C)cc1)C(=O)CCCCOc1cc(C)ccc1C. The number of carbonyl (C=O) groups excluding carboxylic acids is 2. The molecule has 0 radical (unpaired) electrons. The Balaban J connectivity index is 1.78. The Bertz CT molecular complexity index is 844. The summed E-state index contributed by atoms with van der Waals surface area (Å²) in [5.74, 6) is 1.05. The molecule has 0 fully saturated rings. The summed E-state index contributed by atoms with van der Waals surface area (Å²) in [4.78, 5) is 28.0. The average Bonchev–Trinajstić information content (AvgIpc) is 2.73. The molecule has 0 heterocycles. The van der Waals surface area contributed by atoms with Gasteiger partial charge in [-0.1, -0.05) is 24.3 Å². The highest BCUT2D eigenvalue weighted by molar-refractivity contribution is 5.93. The molecule has 0 unspecified atom stereocenters. The molecule has 5 nitrogen and oxygen atoms in total. The van der Waals surface area contributed by atoms with Crippen molar-refractivity contribution in [1.29, 1.82) is 0 Å². The van der Waals surface area contributed by atoms with E-state index in [1.807, 2.05) is 43.0 Å². The fourth-order valence-corrected chi connectivity index (χ4v) is 3.19. The Labute approximate surface area is 180 Å². The van der Waals surface area contributed by atoms with Crippen LogP contribution < -0.4 is 4.74 Å². The van der Waals surface area contributed by atoms with E-state index < -0.39 is 0 Å². The maximum atomic E-state index is 12.6.